The molecule has 0 aromatic heterocycles. The molecule has 1 aromatic carbocycles. The van der Waals surface area contributed by atoms with E-state index in [0.29, 0.717) is 19.8 Å². The summed E-state index contributed by atoms with van der Waals surface area (Å²) < 4.78 is 22.3. The maximum Gasteiger partial charge on any atom is 0.147 e. The minimum Gasteiger partial charge on any atom is -0.386 e. The zero-order valence-corrected chi connectivity index (χ0v) is 16.0. The number of allylic oxidation sites excluding steroid dienone is 1. The second kappa shape index (κ2) is 11.4. The predicted molar refractivity (Wildman–Crippen MR) is 98.3 cm³/mol. The first-order chi connectivity index (χ1) is 12.0. The largest absolute Gasteiger partial charge is 0.386 e. The van der Waals surface area contributed by atoms with Crippen LogP contribution in [0, 0.1) is 0 Å². The van der Waals surface area contributed by atoms with Crippen LogP contribution in [0.25, 0.3) is 0 Å². The topological polar surface area (TPSA) is 57.2 Å². The van der Waals surface area contributed by atoms with Crippen LogP contribution in [0.5, 0.6) is 0 Å². The van der Waals surface area contributed by atoms with Gasteiger partial charge >= 0.3 is 0 Å². The molecule has 0 saturated heterocycles. The third kappa shape index (κ3) is 6.88. The van der Waals surface area contributed by atoms with Gasteiger partial charge in [-0.2, -0.15) is 0 Å². The summed E-state index contributed by atoms with van der Waals surface area (Å²) in [6, 6.07) is 9.93. The van der Waals surface area contributed by atoms with E-state index in [-0.39, 0.29) is 12.9 Å². The van der Waals surface area contributed by atoms with Crippen LogP contribution in [0.15, 0.2) is 42.0 Å². The van der Waals surface area contributed by atoms with Crippen LogP contribution in [0.2, 0.25) is 0 Å². The number of benzene rings is 1. The number of hydrogen-bond acceptors (Lipinski definition) is 5. The molecular weight excluding hydrogens is 320 g/mol. The van der Waals surface area contributed by atoms with Gasteiger partial charge in [-0.1, -0.05) is 36.4 Å². The molecule has 0 unspecified atom stereocenters. The fraction of sp³-hybridized carbons (Fsp3) is 0.600. The Balaban J connectivity index is 2.73. The molecule has 3 atom stereocenters. The molecule has 0 amide bonds. The summed E-state index contributed by atoms with van der Waals surface area (Å²) in [6.45, 7) is 8.97. The Kier molecular flexibility index (Phi) is 9.93. The molecule has 1 N–H and O–H groups in total. The Morgan fingerprint density at radius 2 is 1.92 bits per heavy atom. The number of aliphatic hydroxyl groups excluding tert-OH is 1. The van der Waals surface area contributed by atoms with Crippen LogP contribution in [-0.4, -0.2) is 50.0 Å². The van der Waals surface area contributed by atoms with Crippen LogP contribution >= 0.6 is 0 Å². The number of methoxy groups -OCH3 is 1. The Morgan fingerprint density at radius 3 is 2.52 bits per heavy atom. The highest BCUT2D eigenvalue weighted by Gasteiger charge is 2.41. The molecule has 0 aliphatic heterocycles. The van der Waals surface area contributed by atoms with E-state index < -0.39 is 11.7 Å². The lowest BCUT2D eigenvalue weighted by molar-refractivity contribution is -0.219. The molecule has 1 aromatic rings. The average molecular weight is 352 g/mol. The summed E-state index contributed by atoms with van der Waals surface area (Å²) >= 11 is 0. The smallest absolute Gasteiger partial charge is 0.147 e. The summed E-state index contributed by atoms with van der Waals surface area (Å²) in [5.41, 5.74) is 0.971. The van der Waals surface area contributed by atoms with E-state index in [1.54, 1.807) is 7.11 Å². The monoisotopic (exact) mass is 352 g/mol. The minimum absolute atomic E-state index is 0.0625. The van der Waals surface area contributed by atoms with Crippen LogP contribution in [-0.2, 0) is 25.6 Å². The maximum absolute atomic E-state index is 10.8. The fourth-order valence-electron chi connectivity index (χ4n) is 2.36. The zero-order chi connectivity index (χ0) is 18.7. The third-order valence-electron chi connectivity index (χ3n) is 4.46. The number of ether oxygens (including phenoxy) is 4. The molecule has 5 heteroatoms. The molecule has 25 heavy (non-hydrogen) atoms. The van der Waals surface area contributed by atoms with Crippen molar-refractivity contribution in [2.24, 2.45) is 0 Å². The molecule has 0 bridgehead atoms. The highest BCUT2D eigenvalue weighted by molar-refractivity contribution is 5.14. The summed E-state index contributed by atoms with van der Waals surface area (Å²) in [5.74, 6) is 0. The van der Waals surface area contributed by atoms with Gasteiger partial charge in [0.25, 0.3) is 0 Å². The summed E-state index contributed by atoms with van der Waals surface area (Å²) in [7, 11) is 1.62. The average Bonchev–Trinajstić information content (AvgIpc) is 2.65. The molecule has 0 spiro atoms. The Morgan fingerprint density at radius 1 is 1.24 bits per heavy atom. The first kappa shape index (κ1) is 21.8. The van der Waals surface area contributed by atoms with Gasteiger partial charge < -0.3 is 24.1 Å². The van der Waals surface area contributed by atoms with Crippen molar-refractivity contribution >= 4 is 0 Å². The van der Waals surface area contributed by atoms with Crippen molar-refractivity contribution < 1.29 is 24.1 Å². The van der Waals surface area contributed by atoms with Gasteiger partial charge in [0, 0.05) is 7.11 Å². The maximum atomic E-state index is 10.8. The molecule has 0 heterocycles. The van der Waals surface area contributed by atoms with E-state index in [9.17, 15) is 5.11 Å². The molecule has 0 fully saturated rings. The summed E-state index contributed by atoms with van der Waals surface area (Å²) in [5, 5.41) is 10.8. The lowest BCUT2D eigenvalue weighted by atomic mass is 9.88. The number of aliphatic hydroxyl groups is 1. The molecular formula is C20H32O5. The predicted octanol–water partition coefficient (Wildman–Crippen LogP) is 3.31. The van der Waals surface area contributed by atoms with Gasteiger partial charge in [0.2, 0.25) is 0 Å². The molecule has 5 nitrogen and oxygen atoms in total. The van der Waals surface area contributed by atoms with E-state index in [0.717, 1.165) is 11.1 Å². The van der Waals surface area contributed by atoms with Gasteiger partial charge in [-0.25, -0.2) is 0 Å². The van der Waals surface area contributed by atoms with E-state index in [4.69, 9.17) is 18.9 Å². The van der Waals surface area contributed by atoms with Gasteiger partial charge in [0.15, 0.2) is 0 Å². The van der Waals surface area contributed by atoms with E-state index in [1.165, 1.54) is 0 Å². The lowest BCUT2D eigenvalue weighted by Gasteiger charge is -2.39. The van der Waals surface area contributed by atoms with Crippen LogP contribution < -0.4 is 0 Å². The summed E-state index contributed by atoms with van der Waals surface area (Å²) in [4.78, 5) is 0. The second-order valence-electron chi connectivity index (χ2n) is 6.22. The quantitative estimate of drug-likeness (QED) is 0.355. The Hall–Kier alpha value is -1.24. The van der Waals surface area contributed by atoms with Gasteiger partial charge in [-0.15, -0.1) is 0 Å². The first-order valence-electron chi connectivity index (χ1n) is 8.62. The zero-order valence-electron chi connectivity index (χ0n) is 16.0. The van der Waals surface area contributed by atoms with Crippen molar-refractivity contribution in [2.75, 3.05) is 27.1 Å². The van der Waals surface area contributed by atoms with Crippen LogP contribution in [0.4, 0.5) is 0 Å². The van der Waals surface area contributed by atoms with E-state index >= 15 is 0 Å². The highest BCUT2D eigenvalue weighted by atomic mass is 16.7. The molecule has 0 aliphatic rings. The summed E-state index contributed by atoms with van der Waals surface area (Å²) in [6.07, 6.45) is 0.736. The lowest BCUT2D eigenvalue weighted by Crippen LogP contribution is -2.52. The van der Waals surface area contributed by atoms with Crippen molar-refractivity contribution in [2.45, 2.75) is 52.1 Å². The van der Waals surface area contributed by atoms with Gasteiger partial charge in [0.1, 0.15) is 18.5 Å². The van der Waals surface area contributed by atoms with Crippen molar-refractivity contribution in [1.29, 1.82) is 0 Å². The fourth-order valence-corrected chi connectivity index (χ4v) is 2.36. The molecule has 0 saturated carbocycles. The first-order valence-corrected chi connectivity index (χ1v) is 8.62. The third-order valence-corrected chi connectivity index (χ3v) is 4.46. The molecule has 0 aliphatic carbocycles. The SMILES string of the molecule is C/C=C(/C)[C@H](O)[C@@](C)(OCOCCOC)[C@@H](C)OCc1ccccc1. The van der Waals surface area contributed by atoms with Crippen molar-refractivity contribution in [3.63, 3.8) is 0 Å². The second-order valence-corrected chi connectivity index (χ2v) is 6.22. The number of hydrogen-bond donors (Lipinski definition) is 1. The van der Waals surface area contributed by atoms with Gasteiger partial charge in [-0.05, 0) is 38.8 Å². The molecule has 0 radical (unpaired) electrons. The molecule has 1 rings (SSSR count). The van der Waals surface area contributed by atoms with Gasteiger partial charge in [0.05, 0.1) is 25.9 Å². The highest BCUT2D eigenvalue weighted by Crippen LogP contribution is 2.28. The van der Waals surface area contributed by atoms with Crippen LogP contribution in [0.3, 0.4) is 0 Å². The van der Waals surface area contributed by atoms with Crippen LogP contribution in [0.1, 0.15) is 33.3 Å². The van der Waals surface area contributed by atoms with Crippen molar-refractivity contribution in [3.05, 3.63) is 47.5 Å². The Labute approximate surface area is 151 Å². The normalized spacial score (nSPS) is 17.1. The van der Waals surface area contributed by atoms with Crippen molar-refractivity contribution in [3.8, 4) is 0 Å². The Bertz CT molecular complexity index is 502. The van der Waals surface area contributed by atoms with E-state index in [2.05, 4.69) is 0 Å². The standard InChI is InChI=1S/C20H32O5/c1-6-16(2)19(21)20(4,25-15-23-13-12-22-5)17(3)24-14-18-10-8-7-9-11-18/h6-11,17,19,21H,12-15H2,1-5H3/b16-6-/t17-,19+,20+/m1/s1. The minimum atomic E-state index is -0.932. The van der Waals surface area contributed by atoms with Crippen molar-refractivity contribution in [1.82, 2.24) is 0 Å². The number of rotatable bonds is 12. The molecule has 142 valence electrons. The van der Waals surface area contributed by atoms with E-state index in [1.807, 2.05) is 64.1 Å². The van der Waals surface area contributed by atoms with Gasteiger partial charge in [-0.3, -0.25) is 0 Å².